The molecule has 2 fully saturated rings. The largest absolute Gasteiger partial charge is 0.298 e. The zero-order valence-electron chi connectivity index (χ0n) is 9.75. The lowest BCUT2D eigenvalue weighted by molar-refractivity contribution is 0.233. The van der Waals surface area contributed by atoms with Gasteiger partial charge in [-0.15, -0.1) is 0 Å². The number of hydrogen-bond donors (Lipinski definition) is 0. The molecule has 0 aliphatic carbocycles. The molecule has 1 aromatic rings. The van der Waals surface area contributed by atoms with Gasteiger partial charge in [0.1, 0.15) is 5.25 Å². The van der Waals surface area contributed by atoms with E-state index in [-0.39, 0.29) is 11.3 Å². The van der Waals surface area contributed by atoms with Crippen molar-refractivity contribution in [3.05, 3.63) is 35.9 Å². The van der Waals surface area contributed by atoms with Crippen LogP contribution in [0.5, 0.6) is 0 Å². The predicted octanol–water partition coefficient (Wildman–Crippen LogP) is 1.62. The highest BCUT2D eigenvalue weighted by atomic mass is 32.2. The van der Waals surface area contributed by atoms with Gasteiger partial charge in [0.2, 0.25) is 0 Å². The highest BCUT2D eigenvalue weighted by Gasteiger charge is 2.49. The van der Waals surface area contributed by atoms with Crippen LogP contribution in [0.15, 0.2) is 30.3 Å². The second-order valence-corrected chi connectivity index (χ2v) is 7.14. The molecule has 3 rings (SSSR count). The molecular weight excluding hydrogens is 234 g/mol. The van der Waals surface area contributed by atoms with Crippen LogP contribution in [0, 0.1) is 0 Å². The summed E-state index contributed by atoms with van der Waals surface area (Å²) in [6, 6.07) is 9.85. The van der Waals surface area contributed by atoms with Crippen LogP contribution in [0.1, 0.15) is 23.7 Å². The van der Waals surface area contributed by atoms with E-state index in [0.717, 1.165) is 18.7 Å². The normalized spacial score (nSPS) is 32.2. The molecule has 0 unspecified atom stereocenters. The van der Waals surface area contributed by atoms with E-state index in [9.17, 15) is 8.42 Å². The van der Waals surface area contributed by atoms with Gasteiger partial charge in [-0.2, -0.15) is 0 Å². The Hall–Kier alpha value is -0.870. The Morgan fingerprint density at radius 3 is 2.29 bits per heavy atom. The molecule has 2 atom stereocenters. The predicted molar refractivity (Wildman–Crippen MR) is 67.6 cm³/mol. The SMILES string of the molecule is O=S1(=O)C[C@H](N2CCCC2)[C@@H]1c1ccccc1. The number of sulfone groups is 1. The highest BCUT2D eigenvalue weighted by molar-refractivity contribution is 7.93. The smallest absolute Gasteiger partial charge is 0.160 e. The van der Waals surface area contributed by atoms with Gasteiger partial charge in [0.15, 0.2) is 9.84 Å². The summed E-state index contributed by atoms with van der Waals surface area (Å²) >= 11 is 0. The van der Waals surface area contributed by atoms with Crippen molar-refractivity contribution in [1.82, 2.24) is 4.90 Å². The van der Waals surface area contributed by atoms with Crippen LogP contribution in [0.2, 0.25) is 0 Å². The van der Waals surface area contributed by atoms with Gasteiger partial charge in [-0.05, 0) is 31.5 Å². The summed E-state index contributed by atoms with van der Waals surface area (Å²) in [6.45, 7) is 2.12. The van der Waals surface area contributed by atoms with Gasteiger partial charge in [0.05, 0.1) is 5.75 Å². The Morgan fingerprint density at radius 2 is 1.71 bits per heavy atom. The second kappa shape index (κ2) is 4.10. The summed E-state index contributed by atoms with van der Waals surface area (Å²) in [5.41, 5.74) is 0.954. The van der Waals surface area contributed by atoms with E-state index in [2.05, 4.69) is 4.90 Å². The van der Waals surface area contributed by atoms with E-state index in [0.29, 0.717) is 5.75 Å². The first kappa shape index (κ1) is 11.2. The van der Waals surface area contributed by atoms with Crippen LogP contribution in [-0.4, -0.2) is 38.2 Å². The maximum absolute atomic E-state index is 12.0. The van der Waals surface area contributed by atoms with Crippen LogP contribution in [0.4, 0.5) is 0 Å². The quantitative estimate of drug-likeness (QED) is 0.801. The van der Waals surface area contributed by atoms with Crippen molar-refractivity contribution in [1.29, 1.82) is 0 Å². The van der Waals surface area contributed by atoms with Gasteiger partial charge in [-0.1, -0.05) is 30.3 Å². The Kier molecular flexibility index (Phi) is 2.71. The van der Waals surface area contributed by atoms with Gasteiger partial charge < -0.3 is 0 Å². The number of benzene rings is 1. The van der Waals surface area contributed by atoms with Crippen molar-refractivity contribution >= 4 is 9.84 Å². The maximum atomic E-state index is 12.0. The van der Waals surface area contributed by atoms with Crippen molar-refractivity contribution in [3.8, 4) is 0 Å². The fraction of sp³-hybridized carbons (Fsp3) is 0.538. The topological polar surface area (TPSA) is 37.4 Å². The minimum atomic E-state index is -2.90. The first-order chi connectivity index (χ1) is 8.18. The van der Waals surface area contributed by atoms with E-state index in [4.69, 9.17) is 0 Å². The van der Waals surface area contributed by atoms with Crippen molar-refractivity contribution < 1.29 is 8.42 Å². The average molecular weight is 251 g/mol. The number of nitrogens with zero attached hydrogens (tertiary/aromatic N) is 1. The molecular formula is C13H17NO2S. The second-order valence-electron chi connectivity index (χ2n) is 4.97. The molecule has 0 aromatic heterocycles. The van der Waals surface area contributed by atoms with Crippen molar-refractivity contribution in [3.63, 3.8) is 0 Å². The molecule has 0 bridgehead atoms. The molecule has 2 heterocycles. The maximum Gasteiger partial charge on any atom is 0.160 e. The lowest BCUT2D eigenvalue weighted by Gasteiger charge is -2.42. The Morgan fingerprint density at radius 1 is 1.06 bits per heavy atom. The molecule has 17 heavy (non-hydrogen) atoms. The summed E-state index contributed by atoms with van der Waals surface area (Å²) in [6.07, 6.45) is 2.41. The number of hydrogen-bond acceptors (Lipinski definition) is 3. The van der Waals surface area contributed by atoms with Crippen LogP contribution in [0.3, 0.4) is 0 Å². The van der Waals surface area contributed by atoms with Gasteiger partial charge in [-0.3, -0.25) is 4.90 Å². The van der Waals surface area contributed by atoms with Crippen LogP contribution >= 0.6 is 0 Å². The molecule has 2 aliphatic heterocycles. The molecule has 0 radical (unpaired) electrons. The first-order valence-corrected chi connectivity index (χ1v) is 7.90. The average Bonchev–Trinajstić information content (AvgIpc) is 2.80. The fourth-order valence-corrected chi connectivity index (χ4v) is 5.04. The molecule has 0 amide bonds. The summed E-state index contributed by atoms with van der Waals surface area (Å²) in [5, 5.41) is -0.290. The van der Waals surface area contributed by atoms with E-state index >= 15 is 0 Å². The lowest BCUT2D eigenvalue weighted by atomic mass is 10.0. The summed E-state index contributed by atoms with van der Waals surface area (Å²) in [4.78, 5) is 2.35. The fourth-order valence-electron chi connectivity index (χ4n) is 2.99. The molecule has 3 nitrogen and oxygen atoms in total. The zero-order chi connectivity index (χ0) is 11.9. The molecule has 0 saturated carbocycles. The minimum Gasteiger partial charge on any atom is -0.298 e. The zero-order valence-corrected chi connectivity index (χ0v) is 10.6. The summed E-state index contributed by atoms with van der Waals surface area (Å²) < 4.78 is 23.9. The molecule has 4 heteroatoms. The van der Waals surface area contributed by atoms with Crippen LogP contribution < -0.4 is 0 Å². The van der Waals surface area contributed by atoms with Gasteiger partial charge in [0.25, 0.3) is 0 Å². The van der Waals surface area contributed by atoms with E-state index in [1.54, 1.807) is 0 Å². The van der Waals surface area contributed by atoms with E-state index < -0.39 is 9.84 Å². The number of likely N-dealkylation sites (tertiary alicyclic amines) is 1. The third kappa shape index (κ3) is 1.89. The molecule has 0 N–H and O–H groups in total. The highest BCUT2D eigenvalue weighted by Crippen LogP contribution is 2.40. The first-order valence-electron chi connectivity index (χ1n) is 6.19. The Balaban J connectivity index is 1.89. The Labute approximate surface area is 102 Å². The van der Waals surface area contributed by atoms with Crippen LogP contribution in [0.25, 0.3) is 0 Å². The van der Waals surface area contributed by atoms with Crippen molar-refractivity contribution in [2.45, 2.75) is 24.1 Å². The molecule has 1 aromatic carbocycles. The van der Waals surface area contributed by atoms with Gasteiger partial charge in [0, 0.05) is 6.04 Å². The minimum absolute atomic E-state index is 0.213. The van der Waals surface area contributed by atoms with Crippen LogP contribution in [-0.2, 0) is 9.84 Å². The lowest BCUT2D eigenvalue weighted by Crippen LogP contribution is -2.54. The Bertz CT molecular complexity index is 491. The van der Waals surface area contributed by atoms with Crippen molar-refractivity contribution in [2.24, 2.45) is 0 Å². The van der Waals surface area contributed by atoms with E-state index in [1.807, 2.05) is 30.3 Å². The molecule has 92 valence electrons. The molecule has 2 aliphatic rings. The standard InChI is InChI=1S/C13H17NO2S/c15-17(16)10-12(14-8-4-5-9-14)13(17)11-6-2-1-3-7-11/h1-3,6-7,12-13H,4-5,8-10H2/t12-,13-/m0/s1. The van der Waals surface area contributed by atoms with Gasteiger partial charge in [-0.25, -0.2) is 8.42 Å². The number of rotatable bonds is 2. The third-order valence-corrected chi connectivity index (χ3v) is 6.04. The summed E-state index contributed by atoms with van der Waals surface area (Å²) in [7, 11) is -2.90. The van der Waals surface area contributed by atoms with Crippen molar-refractivity contribution in [2.75, 3.05) is 18.8 Å². The monoisotopic (exact) mass is 251 g/mol. The molecule has 0 spiro atoms. The van der Waals surface area contributed by atoms with E-state index in [1.165, 1.54) is 12.8 Å². The summed E-state index contributed by atoms with van der Waals surface area (Å²) in [5.74, 6) is 0.340. The molecule has 2 saturated heterocycles. The van der Waals surface area contributed by atoms with Gasteiger partial charge >= 0.3 is 0 Å². The third-order valence-electron chi connectivity index (χ3n) is 3.88.